The lowest BCUT2D eigenvalue weighted by Crippen LogP contribution is -1.96. The average molecular weight is 264 g/mol. The van der Waals surface area contributed by atoms with Gasteiger partial charge in [-0.2, -0.15) is 0 Å². The van der Waals surface area contributed by atoms with Crippen molar-refractivity contribution in [3.63, 3.8) is 0 Å². The third-order valence-corrected chi connectivity index (χ3v) is 2.97. The number of hydrogen-bond acceptors (Lipinski definition) is 1. The molecule has 0 aliphatic heterocycles. The predicted molar refractivity (Wildman–Crippen MR) is 81.6 cm³/mol. The number of carbonyl (C=O) groups is 1. The van der Waals surface area contributed by atoms with Gasteiger partial charge < -0.3 is 5.11 Å². The lowest BCUT2D eigenvalue weighted by atomic mass is 9.98. The summed E-state index contributed by atoms with van der Waals surface area (Å²) in [4.78, 5) is 10.4. The minimum absolute atomic E-state index is 0.302. The SMILES string of the molecule is CC.CCCc1ccccc1CCCCCC(=O)O. The highest BCUT2D eigenvalue weighted by atomic mass is 16.4. The van der Waals surface area contributed by atoms with Gasteiger partial charge in [-0.3, -0.25) is 4.79 Å². The van der Waals surface area contributed by atoms with Gasteiger partial charge in [0.2, 0.25) is 0 Å². The summed E-state index contributed by atoms with van der Waals surface area (Å²) in [5, 5.41) is 8.54. The molecule has 1 aromatic carbocycles. The number of rotatable bonds is 8. The number of unbranched alkanes of at least 4 members (excludes halogenated alkanes) is 2. The van der Waals surface area contributed by atoms with Crippen molar-refractivity contribution in [2.75, 3.05) is 0 Å². The highest BCUT2D eigenvalue weighted by molar-refractivity contribution is 5.66. The Balaban J connectivity index is 0.00000154. The second kappa shape index (κ2) is 11.8. The molecule has 1 aromatic rings. The fraction of sp³-hybridized carbons (Fsp3) is 0.588. The van der Waals surface area contributed by atoms with E-state index in [0.29, 0.717) is 6.42 Å². The molecule has 0 spiro atoms. The van der Waals surface area contributed by atoms with Crippen molar-refractivity contribution < 1.29 is 9.90 Å². The van der Waals surface area contributed by atoms with E-state index in [1.807, 2.05) is 13.8 Å². The number of benzene rings is 1. The molecule has 0 radical (unpaired) electrons. The number of hydrogen-bond donors (Lipinski definition) is 1. The van der Waals surface area contributed by atoms with E-state index in [1.165, 1.54) is 17.5 Å². The normalized spacial score (nSPS) is 9.63. The van der Waals surface area contributed by atoms with Crippen molar-refractivity contribution in [2.45, 2.75) is 65.7 Å². The summed E-state index contributed by atoms with van der Waals surface area (Å²) < 4.78 is 0. The molecule has 2 nitrogen and oxygen atoms in total. The Labute approximate surface area is 117 Å². The minimum Gasteiger partial charge on any atom is -0.481 e. The van der Waals surface area contributed by atoms with E-state index < -0.39 is 5.97 Å². The molecule has 0 fully saturated rings. The van der Waals surface area contributed by atoms with Gasteiger partial charge in [0.15, 0.2) is 0 Å². The topological polar surface area (TPSA) is 37.3 Å². The Morgan fingerprint density at radius 3 is 2.11 bits per heavy atom. The third-order valence-electron chi connectivity index (χ3n) is 2.97. The van der Waals surface area contributed by atoms with Crippen molar-refractivity contribution in [1.29, 1.82) is 0 Å². The Kier molecular flexibility index (Phi) is 11.0. The smallest absolute Gasteiger partial charge is 0.303 e. The largest absolute Gasteiger partial charge is 0.481 e. The molecule has 0 aromatic heterocycles. The zero-order valence-corrected chi connectivity index (χ0v) is 12.6. The van der Waals surface area contributed by atoms with E-state index in [-0.39, 0.29) is 0 Å². The van der Waals surface area contributed by atoms with Gasteiger partial charge >= 0.3 is 5.97 Å². The molecule has 0 saturated carbocycles. The van der Waals surface area contributed by atoms with Crippen LogP contribution in [0.25, 0.3) is 0 Å². The van der Waals surface area contributed by atoms with Gasteiger partial charge in [-0.15, -0.1) is 0 Å². The molecule has 0 heterocycles. The quantitative estimate of drug-likeness (QED) is 0.681. The molecule has 0 unspecified atom stereocenters. The molecule has 0 bridgehead atoms. The van der Waals surface area contributed by atoms with Crippen molar-refractivity contribution in [2.24, 2.45) is 0 Å². The molecular formula is C17H28O2. The van der Waals surface area contributed by atoms with Crippen LogP contribution < -0.4 is 0 Å². The van der Waals surface area contributed by atoms with Crippen molar-refractivity contribution in [3.05, 3.63) is 35.4 Å². The monoisotopic (exact) mass is 264 g/mol. The van der Waals surface area contributed by atoms with Crippen LogP contribution in [-0.4, -0.2) is 11.1 Å². The first kappa shape index (κ1) is 17.7. The van der Waals surface area contributed by atoms with Gasteiger partial charge in [0.25, 0.3) is 0 Å². The lowest BCUT2D eigenvalue weighted by Gasteiger charge is -2.08. The Hall–Kier alpha value is -1.31. The molecule has 1 rings (SSSR count). The zero-order chi connectivity index (χ0) is 14.5. The Bertz CT molecular complexity index is 345. The summed E-state index contributed by atoms with van der Waals surface area (Å²) in [6, 6.07) is 8.59. The van der Waals surface area contributed by atoms with Crippen LogP contribution in [0.15, 0.2) is 24.3 Å². The van der Waals surface area contributed by atoms with Crippen LogP contribution in [0, 0.1) is 0 Å². The van der Waals surface area contributed by atoms with Gasteiger partial charge in [-0.25, -0.2) is 0 Å². The van der Waals surface area contributed by atoms with Crippen LogP contribution in [0.5, 0.6) is 0 Å². The summed E-state index contributed by atoms with van der Waals surface area (Å²) in [6.07, 6.45) is 6.60. The summed E-state index contributed by atoms with van der Waals surface area (Å²) in [5.41, 5.74) is 2.89. The molecule has 0 amide bonds. The van der Waals surface area contributed by atoms with Crippen LogP contribution in [0.4, 0.5) is 0 Å². The summed E-state index contributed by atoms with van der Waals surface area (Å²) in [7, 11) is 0. The first-order chi connectivity index (χ1) is 9.24. The van der Waals surface area contributed by atoms with E-state index >= 15 is 0 Å². The van der Waals surface area contributed by atoms with Crippen LogP contribution in [0.3, 0.4) is 0 Å². The van der Waals surface area contributed by atoms with E-state index in [0.717, 1.165) is 32.1 Å². The molecular weight excluding hydrogens is 236 g/mol. The molecule has 2 heteroatoms. The highest BCUT2D eigenvalue weighted by Gasteiger charge is 2.01. The Morgan fingerprint density at radius 2 is 1.58 bits per heavy atom. The fourth-order valence-electron chi connectivity index (χ4n) is 2.08. The maximum atomic E-state index is 10.4. The van der Waals surface area contributed by atoms with Crippen LogP contribution in [-0.2, 0) is 17.6 Å². The van der Waals surface area contributed by atoms with Crippen LogP contribution >= 0.6 is 0 Å². The second-order valence-electron chi connectivity index (χ2n) is 4.47. The fourth-order valence-corrected chi connectivity index (χ4v) is 2.08. The van der Waals surface area contributed by atoms with Crippen LogP contribution in [0.2, 0.25) is 0 Å². The lowest BCUT2D eigenvalue weighted by molar-refractivity contribution is -0.137. The highest BCUT2D eigenvalue weighted by Crippen LogP contribution is 2.14. The maximum Gasteiger partial charge on any atom is 0.303 e. The van der Waals surface area contributed by atoms with E-state index in [2.05, 4.69) is 31.2 Å². The molecule has 19 heavy (non-hydrogen) atoms. The summed E-state index contributed by atoms with van der Waals surface area (Å²) in [5.74, 6) is -0.684. The number of carboxylic acids is 1. The van der Waals surface area contributed by atoms with Gasteiger partial charge in [0.1, 0.15) is 0 Å². The first-order valence-electron chi connectivity index (χ1n) is 7.52. The van der Waals surface area contributed by atoms with Gasteiger partial charge in [0, 0.05) is 6.42 Å². The van der Waals surface area contributed by atoms with Gasteiger partial charge in [-0.05, 0) is 36.8 Å². The van der Waals surface area contributed by atoms with Gasteiger partial charge in [-0.1, -0.05) is 57.9 Å². The molecule has 0 atom stereocenters. The molecule has 0 saturated heterocycles. The molecule has 108 valence electrons. The number of carboxylic acid groups (broad SMARTS) is 1. The van der Waals surface area contributed by atoms with Crippen molar-refractivity contribution in [3.8, 4) is 0 Å². The van der Waals surface area contributed by atoms with Crippen molar-refractivity contribution >= 4 is 5.97 Å². The predicted octanol–water partition coefficient (Wildman–Crippen LogP) is 4.85. The van der Waals surface area contributed by atoms with Crippen molar-refractivity contribution in [1.82, 2.24) is 0 Å². The Morgan fingerprint density at radius 1 is 1.00 bits per heavy atom. The molecule has 0 aliphatic rings. The maximum absolute atomic E-state index is 10.4. The standard InChI is InChI=1S/C15H22O2.C2H6/c1-2-8-13-10-6-7-11-14(13)9-4-3-5-12-15(16)17;1-2/h6-7,10-11H,2-5,8-9,12H2,1H3,(H,16,17);1-2H3. The minimum atomic E-state index is -0.684. The van der Waals surface area contributed by atoms with E-state index in [4.69, 9.17) is 5.11 Å². The zero-order valence-electron chi connectivity index (χ0n) is 12.6. The number of aryl methyl sites for hydroxylation is 2. The second-order valence-corrected chi connectivity index (χ2v) is 4.47. The number of aliphatic carboxylic acids is 1. The van der Waals surface area contributed by atoms with Crippen LogP contribution in [0.1, 0.15) is 64.0 Å². The molecule has 1 N–H and O–H groups in total. The summed E-state index contributed by atoms with van der Waals surface area (Å²) in [6.45, 7) is 6.20. The summed E-state index contributed by atoms with van der Waals surface area (Å²) >= 11 is 0. The van der Waals surface area contributed by atoms with E-state index in [9.17, 15) is 4.79 Å². The van der Waals surface area contributed by atoms with Gasteiger partial charge in [0.05, 0.1) is 0 Å². The first-order valence-corrected chi connectivity index (χ1v) is 7.52. The molecule has 0 aliphatic carbocycles. The van der Waals surface area contributed by atoms with E-state index in [1.54, 1.807) is 0 Å². The average Bonchev–Trinajstić information content (AvgIpc) is 2.42. The third kappa shape index (κ3) is 8.41.